The lowest BCUT2D eigenvalue weighted by Crippen LogP contribution is -2.62. The maximum absolute atomic E-state index is 9.89. The Morgan fingerprint density at radius 3 is 2.19 bits per heavy atom. The Kier molecular flexibility index (Phi) is 8.74. The van der Waals surface area contributed by atoms with Gasteiger partial charge in [-0.15, -0.1) is 0 Å². The monoisotopic (exact) mass is 303 g/mol. The molecule has 21 heavy (non-hydrogen) atoms. The molecule has 5 heteroatoms. The van der Waals surface area contributed by atoms with Gasteiger partial charge < -0.3 is 20.4 Å². The number of piperidine rings is 1. The molecule has 0 unspecified atom stereocenters. The summed E-state index contributed by atoms with van der Waals surface area (Å²) in [7, 11) is 0. The molecule has 1 fully saturated rings. The lowest BCUT2D eigenvalue weighted by molar-refractivity contribution is -0.145. The first-order chi connectivity index (χ1) is 9.97. The number of aliphatic hydroxyl groups excluding tert-OH is 4. The van der Waals surface area contributed by atoms with Gasteiger partial charge >= 0.3 is 0 Å². The molecule has 0 spiro atoms. The number of rotatable bonds is 9. The van der Waals surface area contributed by atoms with E-state index in [0.29, 0.717) is 6.54 Å². The Morgan fingerprint density at radius 1 is 0.952 bits per heavy atom. The predicted molar refractivity (Wildman–Crippen MR) is 83.0 cm³/mol. The standard InChI is InChI=1S/C16H33NO4/c1-12(2)8-6-4-3-5-7-9-17-10-14(19)16(21)15(20)13(17)11-18/h12-16,18-21H,3-11H2,1-2H3/t13-,14+,15-,16-/m1/s1. The molecule has 1 rings (SSSR count). The lowest BCUT2D eigenvalue weighted by atomic mass is 9.94. The van der Waals surface area contributed by atoms with Crippen LogP contribution in [0, 0.1) is 5.92 Å². The minimum Gasteiger partial charge on any atom is -0.395 e. The van der Waals surface area contributed by atoms with Crippen molar-refractivity contribution >= 4 is 0 Å². The smallest absolute Gasteiger partial charge is 0.109 e. The van der Waals surface area contributed by atoms with E-state index in [9.17, 15) is 20.4 Å². The molecule has 1 aliphatic heterocycles. The Balaban J connectivity index is 2.21. The van der Waals surface area contributed by atoms with Crippen LogP contribution in [-0.4, -0.2) is 69.4 Å². The Hall–Kier alpha value is -0.200. The fourth-order valence-electron chi connectivity index (χ4n) is 3.03. The third-order valence-corrected chi connectivity index (χ3v) is 4.44. The zero-order valence-electron chi connectivity index (χ0n) is 13.5. The van der Waals surface area contributed by atoms with E-state index in [-0.39, 0.29) is 6.61 Å². The number of nitrogens with zero attached hydrogens (tertiary/aromatic N) is 1. The highest BCUT2D eigenvalue weighted by atomic mass is 16.4. The van der Waals surface area contributed by atoms with Gasteiger partial charge in [0.1, 0.15) is 12.2 Å². The van der Waals surface area contributed by atoms with Crippen LogP contribution in [0.5, 0.6) is 0 Å². The zero-order chi connectivity index (χ0) is 15.8. The SMILES string of the molecule is CC(C)CCCCCCCN1C[C@H](O)[C@@H](O)[C@H](O)[C@H]1CO. The summed E-state index contributed by atoms with van der Waals surface area (Å²) in [5.74, 6) is 0.776. The van der Waals surface area contributed by atoms with E-state index in [1.807, 2.05) is 4.90 Å². The summed E-state index contributed by atoms with van der Waals surface area (Å²) in [5.41, 5.74) is 0. The van der Waals surface area contributed by atoms with Gasteiger partial charge in [0.2, 0.25) is 0 Å². The molecule has 4 N–H and O–H groups in total. The second kappa shape index (κ2) is 9.74. The van der Waals surface area contributed by atoms with Gasteiger partial charge in [-0.1, -0.05) is 46.0 Å². The van der Waals surface area contributed by atoms with Gasteiger partial charge in [-0.25, -0.2) is 0 Å². The van der Waals surface area contributed by atoms with Crippen LogP contribution in [0.3, 0.4) is 0 Å². The Morgan fingerprint density at radius 2 is 1.57 bits per heavy atom. The number of hydrogen-bond donors (Lipinski definition) is 4. The maximum atomic E-state index is 9.89. The highest BCUT2D eigenvalue weighted by Crippen LogP contribution is 2.20. The Labute approximate surface area is 128 Å². The van der Waals surface area contributed by atoms with Crippen LogP contribution in [-0.2, 0) is 0 Å². The molecule has 0 amide bonds. The van der Waals surface area contributed by atoms with Gasteiger partial charge in [0.15, 0.2) is 0 Å². The van der Waals surface area contributed by atoms with Crippen LogP contribution in [0.2, 0.25) is 0 Å². The van der Waals surface area contributed by atoms with Crippen molar-refractivity contribution in [2.75, 3.05) is 19.7 Å². The number of hydrogen-bond acceptors (Lipinski definition) is 5. The first kappa shape index (κ1) is 18.8. The van der Waals surface area contributed by atoms with Gasteiger partial charge in [0.05, 0.1) is 18.8 Å². The second-order valence-electron chi connectivity index (χ2n) is 6.74. The van der Waals surface area contributed by atoms with Crippen molar-refractivity contribution in [1.82, 2.24) is 4.90 Å². The summed E-state index contributed by atoms with van der Waals surface area (Å²) in [6, 6.07) is -0.468. The summed E-state index contributed by atoms with van der Waals surface area (Å²) in [6.45, 7) is 5.36. The van der Waals surface area contributed by atoms with Crippen LogP contribution in [0.4, 0.5) is 0 Å². The fraction of sp³-hybridized carbons (Fsp3) is 1.00. The molecule has 1 saturated heterocycles. The molecule has 0 aromatic heterocycles. The molecule has 0 radical (unpaired) electrons. The number of aliphatic hydroxyl groups is 4. The first-order valence-corrected chi connectivity index (χ1v) is 8.36. The van der Waals surface area contributed by atoms with E-state index in [1.54, 1.807) is 0 Å². The van der Waals surface area contributed by atoms with E-state index in [4.69, 9.17) is 0 Å². The zero-order valence-corrected chi connectivity index (χ0v) is 13.5. The number of unbranched alkanes of at least 4 members (excludes halogenated alkanes) is 4. The quantitative estimate of drug-likeness (QED) is 0.472. The molecular weight excluding hydrogens is 270 g/mol. The molecule has 0 aromatic rings. The van der Waals surface area contributed by atoms with Gasteiger partial charge in [-0.05, 0) is 18.9 Å². The van der Waals surface area contributed by atoms with Crippen molar-refractivity contribution in [2.45, 2.75) is 76.7 Å². The molecule has 5 nitrogen and oxygen atoms in total. The molecule has 1 heterocycles. The van der Waals surface area contributed by atoms with E-state index in [0.717, 1.165) is 25.3 Å². The van der Waals surface area contributed by atoms with Gasteiger partial charge in [0.25, 0.3) is 0 Å². The third-order valence-electron chi connectivity index (χ3n) is 4.44. The molecule has 0 saturated carbocycles. The number of β-amino-alcohol motifs (C(OH)–C–C–N with tert-alkyl or cyclic N) is 1. The minimum absolute atomic E-state index is 0.195. The van der Waals surface area contributed by atoms with Crippen LogP contribution in [0.1, 0.15) is 52.4 Å². The fourth-order valence-corrected chi connectivity index (χ4v) is 3.03. The van der Waals surface area contributed by atoms with Gasteiger partial charge in [-0.2, -0.15) is 0 Å². The van der Waals surface area contributed by atoms with Crippen molar-refractivity contribution in [3.05, 3.63) is 0 Å². The van der Waals surface area contributed by atoms with E-state index in [2.05, 4.69) is 13.8 Å². The molecule has 0 aromatic carbocycles. The third kappa shape index (κ3) is 6.20. The summed E-state index contributed by atoms with van der Waals surface area (Å²) < 4.78 is 0. The summed E-state index contributed by atoms with van der Waals surface area (Å²) in [6.07, 6.45) is 3.98. The van der Waals surface area contributed by atoms with Crippen LogP contribution < -0.4 is 0 Å². The lowest BCUT2D eigenvalue weighted by Gasteiger charge is -2.43. The molecule has 4 atom stereocenters. The normalized spacial score (nSPS) is 31.0. The van der Waals surface area contributed by atoms with Gasteiger partial charge in [0, 0.05) is 6.54 Å². The molecule has 0 bridgehead atoms. The summed E-state index contributed by atoms with van der Waals surface area (Å²) in [4.78, 5) is 1.90. The van der Waals surface area contributed by atoms with Crippen molar-refractivity contribution in [3.8, 4) is 0 Å². The Bertz CT molecular complexity index is 275. The largest absolute Gasteiger partial charge is 0.395 e. The highest BCUT2D eigenvalue weighted by Gasteiger charge is 2.40. The van der Waals surface area contributed by atoms with Gasteiger partial charge in [-0.3, -0.25) is 4.90 Å². The average molecular weight is 303 g/mol. The highest BCUT2D eigenvalue weighted by molar-refractivity contribution is 4.93. The van der Waals surface area contributed by atoms with Crippen molar-refractivity contribution < 1.29 is 20.4 Å². The summed E-state index contributed by atoms with van der Waals surface area (Å²) >= 11 is 0. The molecule has 1 aliphatic rings. The van der Waals surface area contributed by atoms with E-state index < -0.39 is 24.4 Å². The minimum atomic E-state index is -1.16. The van der Waals surface area contributed by atoms with E-state index in [1.165, 1.54) is 25.7 Å². The van der Waals surface area contributed by atoms with Crippen LogP contribution >= 0.6 is 0 Å². The predicted octanol–water partition coefficient (Wildman–Crippen LogP) is 0.742. The summed E-state index contributed by atoms with van der Waals surface area (Å²) in [5, 5.41) is 38.6. The van der Waals surface area contributed by atoms with Crippen LogP contribution in [0.25, 0.3) is 0 Å². The number of likely N-dealkylation sites (tertiary alicyclic amines) is 1. The molecular formula is C16H33NO4. The van der Waals surface area contributed by atoms with Crippen molar-refractivity contribution in [2.24, 2.45) is 5.92 Å². The van der Waals surface area contributed by atoms with Crippen molar-refractivity contribution in [1.29, 1.82) is 0 Å². The average Bonchev–Trinajstić information content (AvgIpc) is 2.43. The van der Waals surface area contributed by atoms with Crippen molar-refractivity contribution in [3.63, 3.8) is 0 Å². The molecule has 0 aliphatic carbocycles. The van der Waals surface area contributed by atoms with Crippen LogP contribution in [0.15, 0.2) is 0 Å². The van der Waals surface area contributed by atoms with E-state index >= 15 is 0 Å². The molecule has 126 valence electrons. The first-order valence-electron chi connectivity index (χ1n) is 8.36. The maximum Gasteiger partial charge on any atom is 0.109 e. The second-order valence-corrected chi connectivity index (χ2v) is 6.74. The topological polar surface area (TPSA) is 84.2 Å².